The van der Waals surface area contributed by atoms with Crippen LogP contribution in [0.3, 0.4) is 0 Å². The predicted molar refractivity (Wildman–Crippen MR) is 73.4 cm³/mol. The second-order valence-electron chi connectivity index (χ2n) is 5.86. The minimum atomic E-state index is 0.587. The summed E-state index contributed by atoms with van der Waals surface area (Å²) in [4.78, 5) is 2.41. The van der Waals surface area contributed by atoms with Crippen LogP contribution < -0.4 is 0 Å². The fraction of sp³-hybridized carbons (Fsp3) is 1.00. The van der Waals surface area contributed by atoms with Crippen LogP contribution in [0.15, 0.2) is 0 Å². The van der Waals surface area contributed by atoms with Crippen LogP contribution >= 0.6 is 0 Å². The Morgan fingerprint density at radius 3 is 2.00 bits per heavy atom. The van der Waals surface area contributed by atoms with Crippen molar-refractivity contribution in [3.05, 3.63) is 0 Å². The van der Waals surface area contributed by atoms with Crippen molar-refractivity contribution in [2.75, 3.05) is 26.7 Å². The van der Waals surface area contributed by atoms with E-state index in [0.29, 0.717) is 12.0 Å². The van der Waals surface area contributed by atoms with Gasteiger partial charge in [0, 0.05) is 12.0 Å². The highest BCUT2D eigenvalue weighted by Gasteiger charge is 2.22. The van der Waals surface area contributed by atoms with Gasteiger partial charge in [-0.25, -0.2) is 0 Å². The molecule has 0 N–H and O–H groups in total. The van der Waals surface area contributed by atoms with Gasteiger partial charge >= 0.3 is 0 Å². The quantitative estimate of drug-likeness (QED) is 0.755. The molecule has 1 heterocycles. The molecule has 1 saturated heterocycles. The molecule has 106 valence electrons. The summed E-state index contributed by atoms with van der Waals surface area (Å²) in [5, 5.41) is 0. The van der Waals surface area contributed by atoms with Gasteiger partial charge in [0.05, 0.1) is 13.2 Å². The zero-order chi connectivity index (χ0) is 12.6. The van der Waals surface area contributed by atoms with Crippen LogP contribution in [0.1, 0.15) is 58.3 Å². The molecule has 0 bridgehead atoms. The smallest absolute Gasteiger partial charge is 0.101 e. The average molecular weight is 255 g/mol. The van der Waals surface area contributed by atoms with Crippen molar-refractivity contribution in [3.8, 4) is 0 Å². The molecule has 2 rings (SSSR count). The summed E-state index contributed by atoms with van der Waals surface area (Å²) in [5.74, 6) is 0.587. The maximum absolute atomic E-state index is 5.86. The maximum atomic E-state index is 5.86. The van der Waals surface area contributed by atoms with Crippen molar-refractivity contribution in [1.82, 2.24) is 4.90 Å². The monoisotopic (exact) mass is 255 g/mol. The van der Waals surface area contributed by atoms with Crippen molar-refractivity contribution in [2.24, 2.45) is 5.92 Å². The van der Waals surface area contributed by atoms with E-state index in [1.54, 1.807) is 0 Å². The molecule has 0 spiro atoms. The van der Waals surface area contributed by atoms with Gasteiger partial charge < -0.3 is 9.47 Å². The third-order valence-corrected chi connectivity index (χ3v) is 4.39. The van der Waals surface area contributed by atoms with Crippen LogP contribution in [-0.2, 0) is 9.47 Å². The van der Waals surface area contributed by atoms with Crippen LogP contribution in [0.2, 0.25) is 0 Å². The van der Waals surface area contributed by atoms with Gasteiger partial charge in [0.2, 0.25) is 0 Å². The highest BCUT2D eigenvalue weighted by atomic mass is 16.5. The van der Waals surface area contributed by atoms with Crippen molar-refractivity contribution < 1.29 is 9.47 Å². The molecule has 2 fully saturated rings. The highest BCUT2D eigenvalue weighted by Crippen LogP contribution is 2.22. The summed E-state index contributed by atoms with van der Waals surface area (Å²) >= 11 is 0. The molecule has 18 heavy (non-hydrogen) atoms. The van der Waals surface area contributed by atoms with Crippen LogP contribution in [0, 0.1) is 5.92 Å². The van der Waals surface area contributed by atoms with E-state index in [1.165, 1.54) is 44.9 Å². The fourth-order valence-corrected chi connectivity index (χ4v) is 3.00. The van der Waals surface area contributed by atoms with E-state index in [-0.39, 0.29) is 0 Å². The Morgan fingerprint density at radius 1 is 0.889 bits per heavy atom. The van der Waals surface area contributed by atoms with Gasteiger partial charge in [-0.3, -0.25) is 4.90 Å². The maximum Gasteiger partial charge on any atom is 0.101 e. The number of hydrogen-bond acceptors (Lipinski definition) is 3. The number of rotatable bonds is 2. The lowest BCUT2D eigenvalue weighted by atomic mass is 9.96. The topological polar surface area (TPSA) is 21.7 Å². The van der Waals surface area contributed by atoms with Gasteiger partial charge in [-0.1, -0.05) is 39.0 Å². The summed E-state index contributed by atoms with van der Waals surface area (Å²) in [6, 6.07) is 0.684. The summed E-state index contributed by atoms with van der Waals surface area (Å²) in [7, 11) is 0. The third kappa shape index (κ3) is 4.52. The molecule has 1 aliphatic carbocycles. The number of hydrogen-bond donors (Lipinski definition) is 0. The lowest BCUT2D eigenvalue weighted by Crippen LogP contribution is -2.41. The molecule has 3 nitrogen and oxygen atoms in total. The minimum Gasteiger partial charge on any atom is -0.366 e. The zero-order valence-corrected chi connectivity index (χ0v) is 11.9. The molecule has 3 heteroatoms. The molecular formula is C15H29NO2. The lowest BCUT2D eigenvalue weighted by Gasteiger charge is -2.34. The van der Waals surface area contributed by atoms with Crippen LogP contribution in [0.5, 0.6) is 0 Å². The molecular weight excluding hydrogens is 226 g/mol. The minimum absolute atomic E-state index is 0.587. The summed E-state index contributed by atoms with van der Waals surface area (Å²) < 4.78 is 11.7. The van der Waals surface area contributed by atoms with Crippen LogP contribution in [0.25, 0.3) is 0 Å². The van der Waals surface area contributed by atoms with Gasteiger partial charge in [0.25, 0.3) is 0 Å². The van der Waals surface area contributed by atoms with Crippen molar-refractivity contribution in [3.63, 3.8) is 0 Å². The Morgan fingerprint density at radius 2 is 1.44 bits per heavy atom. The summed E-state index contributed by atoms with van der Waals surface area (Å²) in [6.07, 6.45) is 10.8. The first-order valence-corrected chi connectivity index (χ1v) is 7.79. The normalized spacial score (nSPS) is 27.2. The first kappa shape index (κ1) is 14.3. The standard InChI is InChI=1S/C15H29NO2/c1-2-14-10-17-12-16(13-18-11-14)15-8-6-4-3-5-7-9-15/h14-15H,2-13H2,1H3. The first-order chi connectivity index (χ1) is 8.90. The molecule has 2 aliphatic rings. The van der Waals surface area contributed by atoms with Crippen LogP contribution in [0.4, 0.5) is 0 Å². The number of ether oxygens (including phenoxy) is 2. The van der Waals surface area contributed by atoms with Crippen molar-refractivity contribution in [1.29, 1.82) is 0 Å². The Bertz CT molecular complexity index is 205. The van der Waals surface area contributed by atoms with E-state index in [0.717, 1.165) is 33.1 Å². The molecule has 1 aliphatic heterocycles. The van der Waals surface area contributed by atoms with E-state index >= 15 is 0 Å². The molecule has 0 unspecified atom stereocenters. The first-order valence-electron chi connectivity index (χ1n) is 7.79. The second-order valence-corrected chi connectivity index (χ2v) is 5.86. The van der Waals surface area contributed by atoms with Gasteiger partial charge in [-0.05, 0) is 19.3 Å². The average Bonchev–Trinajstić information content (AvgIpc) is 2.30. The van der Waals surface area contributed by atoms with E-state index in [2.05, 4.69) is 11.8 Å². The van der Waals surface area contributed by atoms with E-state index in [9.17, 15) is 0 Å². The van der Waals surface area contributed by atoms with E-state index in [4.69, 9.17) is 9.47 Å². The summed E-state index contributed by atoms with van der Waals surface area (Å²) in [5.41, 5.74) is 0. The largest absolute Gasteiger partial charge is 0.366 e. The van der Waals surface area contributed by atoms with Gasteiger partial charge in [-0.2, -0.15) is 0 Å². The Balaban J connectivity index is 1.79. The van der Waals surface area contributed by atoms with Crippen molar-refractivity contribution >= 4 is 0 Å². The third-order valence-electron chi connectivity index (χ3n) is 4.39. The second kappa shape index (κ2) is 8.13. The molecule has 0 atom stereocenters. The number of nitrogens with zero attached hydrogens (tertiary/aromatic N) is 1. The van der Waals surface area contributed by atoms with Gasteiger partial charge in [0.1, 0.15) is 13.5 Å². The lowest BCUT2D eigenvalue weighted by molar-refractivity contribution is -0.115. The molecule has 1 saturated carbocycles. The molecule has 0 radical (unpaired) electrons. The molecule has 0 amide bonds. The van der Waals surface area contributed by atoms with Gasteiger partial charge in [-0.15, -0.1) is 0 Å². The SMILES string of the molecule is CCC1COCN(C2CCCCCCC2)COC1. The van der Waals surface area contributed by atoms with E-state index in [1.807, 2.05) is 0 Å². The molecule has 0 aromatic heterocycles. The zero-order valence-electron chi connectivity index (χ0n) is 11.9. The Hall–Kier alpha value is -0.120. The molecule has 0 aromatic rings. The van der Waals surface area contributed by atoms with Gasteiger partial charge in [0.15, 0.2) is 0 Å². The highest BCUT2D eigenvalue weighted by molar-refractivity contribution is 4.72. The fourth-order valence-electron chi connectivity index (χ4n) is 3.00. The predicted octanol–water partition coefficient (Wildman–Crippen LogP) is 3.39. The van der Waals surface area contributed by atoms with E-state index < -0.39 is 0 Å². The molecule has 0 aromatic carbocycles. The Kier molecular flexibility index (Phi) is 6.46. The van der Waals surface area contributed by atoms with Crippen LogP contribution in [-0.4, -0.2) is 37.6 Å². The summed E-state index contributed by atoms with van der Waals surface area (Å²) in [6.45, 7) is 5.47. The van der Waals surface area contributed by atoms with Crippen molar-refractivity contribution in [2.45, 2.75) is 64.3 Å². The Labute approximate surface area is 112 Å².